The van der Waals surface area contributed by atoms with E-state index in [-0.39, 0.29) is 5.76 Å². The second-order valence-electron chi connectivity index (χ2n) is 4.56. The molecule has 0 N–H and O–H groups in total. The molecule has 0 aliphatic heterocycles. The Bertz CT molecular complexity index is 594. The topological polar surface area (TPSA) is 42.7 Å². The maximum Gasteiger partial charge on any atom is 0.373 e. The zero-order chi connectivity index (χ0) is 14.5. The van der Waals surface area contributed by atoms with Gasteiger partial charge in [-0.15, -0.1) is 0 Å². The van der Waals surface area contributed by atoms with Crippen LogP contribution in [0.3, 0.4) is 0 Å². The molecule has 0 amide bonds. The van der Waals surface area contributed by atoms with Crippen molar-refractivity contribution >= 4 is 17.6 Å². The fraction of sp³-hybridized carbons (Fsp3) is 0.267. The summed E-state index contributed by atoms with van der Waals surface area (Å²) in [6, 6.07) is 11.1. The molecule has 106 valence electrons. The normalized spacial score (nSPS) is 10.8. The summed E-state index contributed by atoms with van der Waals surface area (Å²) in [6.45, 7) is 1.35. The lowest BCUT2D eigenvalue weighted by Gasteiger charge is -2.15. The number of carbonyl (C=O) groups is 1. The SMILES string of the molecule is COC(=O)c1ccc(CN(C)Cc2cccc(Cl)c2)o1. The number of ether oxygens (including phenoxy) is 1. The Hall–Kier alpha value is -1.78. The van der Waals surface area contributed by atoms with Gasteiger partial charge in [-0.1, -0.05) is 23.7 Å². The summed E-state index contributed by atoms with van der Waals surface area (Å²) in [5.74, 6) is 0.474. The largest absolute Gasteiger partial charge is 0.463 e. The summed E-state index contributed by atoms with van der Waals surface area (Å²) in [4.78, 5) is 13.4. The van der Waals surface area contributed by atoms with Crippen molar-refractivity contribution in [3.63, 3.8) is 0 Å². The van der Waals surface area contributed by atoms with Gasteiger partial charge in [-0.2, -0.15) is 0 Å². The number of carbonyl (C=O) groups excluding carboxylic acids is 1. The van der Waals surface area contributed by atoms with E-state index in [1.807, 2.05) is 31.3 Å². The van der Waals surface area contributed by atoms with Gasteiger partial charge in [-0.05, 0) is 36.9 Å². The number of benzene rings is 1. The summed E-state index contributed by atoms with van der Waals surface area (Å²) < 4.78 is 10.0. The van der Waals surface area contributed by atoms with Crippen LogP contribution in [-0.2, 0) is 17.8 Å². The van der Waals surface area contributed by atoms with Crippen LogP contribution in [0.5, 0.6) is 0 Å². The van der Waals surface area contributed by atoms with Crippen molar-refractivity contribution in [3.05, 3.63) is 58.5 Å². The van der Waals surface area contributed by atoms with Crippen molar-refractivity contribution in [2.45, 2.75) is 13.1 Å². The van der Waals surface area contributed by atoms with Crippen LogP contribution in [0.4, 0.5) is 0 Å². The van der Waals surface area contributed by atoms with Crippen molar-refractivity contribution in [2.24, 2.45) is 0 Å². The highest BCUT2D eigenvalue weighted by Crippen LogP contribution is 2.15. The number of nitrogens with zero attached hydrogens (tertiary/aromatic N) is 1. The maximum atomic E-state index is 11.3. The highest BCUT2D eigenvalue weighted by molar-refractivity contribution is 6.30. The lowest BCUT2D eigenvalue weighted by Crippen LogP contribution is -2.16. The van der Waals surface area contributed by atoms with E-state index in [1.54, 1.807) is 12.1 Å². The van der Waals surface area contributed by atoms with Crippen molar-refractivity contribution in [3.8, 4) is 0 Å². The van der Waals surface area contributed by atoms with Crippen LogP contribution in [0.25, 0.3) is 0 Å². The first kappa shape index (κ1) is 14.6. The number of methoxy groups -OCH3 is 1. The van der Waals surface area contributed by atoms with Gasteiger partial charge in [0.25, 0.3) is 0 Å². The summed E-state index contributed by atoms with van der Waals surface area (Å²) in [7, 11) is 3.30. The number of hydrogen-bond acceptors (Lipinski definition) is 4. The highest BCUT2D eigenvalue weighted by Gasteiger charge is 2.12. The third-order valence-corrected chi connectivity index (χ3v) is 3.05. The predicted octanol–water partition coefficient (Wildman–Crippen LogP) is 3.35. The van der Waals surface area contributed by atoms with Gasteiger partial charge in [0.05, 0.1) is 13.7 Å². The van der Waals surface area contributed by atoms with Crippen LogP contribution < -0.4 is 0 Å². The molecule has 5 heteroatoms. The van der Waals surface area contributed by atoms with Gasteiger partial charge in [0.15, 0.2) is 0 Å². The zero-order valence-electron chi connectivity index (χ0n) is 11.4. The van der Waals surface area contributed by atoms with Crippen LogP contribution in [-0.4, -0.2) is 25.0 Å². The summed E-state index contributed by atoms with van der Waals surface area (Å²) in [6.07, 6.45) is 0. The minimum atomic E-state index is -0.464. The fourth-order valence-corrected chi connectivity index (χ4v) is 2.15. The van der Waals surface area contributed by atoms with Crippen LogP contribution in [0.2, 0.25) is 5.02 Å². The Morgan fingerprint density at radius 2 is 2.10 bits per heavy atom. The minimum absolute atomic E-state index is 0.221. The van der Waals surface area contributed by atoms with E-state index in [2.05, 4.69) is 9.64 Å². The van der Waals surface area contributed by atoms with Crippen LogP contribution in [0.1, 0.15) is 21.9 Å². The smallest absolute Gasteiger partial charge is 0.373 e. The molecule has 0 atom stereocenters. The minimum Gasteiger partial charge on any atom is -0.463 e. The van der Waals surface area contributed by atoms with Crippen LogP contribution >= 0.6 is 11.6 Å². The average Bonchev–Trinajstić information content (AvgIpc) is 2.86. The molecule has 0 saturated carbocycles. The van der Waals surface area contributed by atoms with Crippen molar-refractivity contribution in [1.82, 2.24) is 4.90 Å². The van der Waals surface area contributed by atoms with Gasteiger partial charge in [-0.3, -0.25) is 4.90 Å². The third kappa shape index (κ3) is 3.85. The van der Waals surface area contributed by atoms with E-state index >= 15 is 0 Å². The molecule has 1 aromatic carbocycles. The first-order valence-electron chi connectivity index (χ1n) is 6.18. The monoisotopic (exact) mass is 293 g/mol. The van der Waals surface area contributed by atoms with Gasteiger partial charge in [-0.25, -0.2) is 4.79 Å². The number of hydrogen-bond donors (Lipinski definition) is 0. The number of esters is 1. The molecule has 0 bridgehead atoms. The Morgan fingerprint density at radius 3 is 2.80 bits per heavy atom. The van der Waals surface area contributed by atoms with Crippen molar-refractivity contribution in [2.75, 3.05) is 14.2 Å². The maximum absolute atomic E-state index is 11.3. The molecule has 1 heterocycles. The predicted molar refractivity (Wildman–Crippen MR) is 76.7 cm³/mol. The standard InChI is InChI=1S/C15H16ClNO3/c1-17(9-11-4-3-5-12(16)8-11)10-13-6-7-14(20-13)15(18)19-2/h3-8H,9-10H2,1-2H3. The molecular weight excluding hydrogens is 278 g/mol. The molecule has 0 aliphatic carbocycles. The highest BCUT2D eigenvalue weighted by atomic mass is 35.5. The fourth-order valence-electron chi connectivity index (χ4n) is 1.94. The van der Waals surface area contributed by atoms with E-state index in [1.165, 1.54) is 7.11 Å². The van der Waals surface area contributed by atoms with E-state index < -0.39 is 5.97 Å². The first-order valence-corrected chi connectivity index (χ1v) is 6.56. The number of rotatable bonds is 5. The van der Waals surface area contributed by atoms with Crippen molar-refractivity contribution in [1.29, 1.82) is 0 Å². The average molecular weight is 294 g/mol. The Labute approximate surface area is 122 Å². The molecule has 0 saturated heterocycles. The third-order valence-electron chi connectivity index (χ3n) is 2.82. The molecule has 0 unspecified atom stereocenters. The molecule has 0 aliphatic rings. The zero-order valence-corrected chi connectivity index (χ0v) is 12.2. The molecule has 0 fully saturated rings. The molecule has 2 rings (SSSR count). The summed E-state index contributed by atoms with van der Waals surface area (Å²) >= 11 is 5.95. The quantitative estimate of drug-likeness (QED) is 0.793. The number of halogens is 1. The molecule has 4 nitrogen and oxygen atoms in total. The molecule has 0 spiro atoms. The second-order valence-corrected chi connectivity index (χ2v) is 5.00. The van der Waals surface area contributed by atoms with Gasteiger partial charge < -0.3 is 9.15 Å². The van der Waals surface area contributed by atoms with Gasteiger partial charge in [0.1, 0.15) is 5.76 Å². The Balaban J connectivity index is 1.96. The molecule has 20 heavy (non-hydrogen) atoms. The van der Waals surface area contributed by atoms with Gasteiger partial charge >= 0.3 is 5.97 Å². The molecule has 2 aromatic rings. The lowest BCUT2D eigenvalue weighted by molar-refractivity contribution is 0.0561. The second kappa shape index (κ2) is 6.59. The van der Waals surface area contributed by atoms with Gasteiger partial charge in [0.2, 0.25) is 5.76 Å². The van der Waals surface area contributed by atoms with Crippen LogP contribution in [0.15, 0.2) is 40.8 Å². The van der Waals surface area contributed by atoms with Gasteiger partial charge in [0, 0.05) is 11.6 Å². The molecule has 1 aromatic heterocycles. The number of furan rings is 1. The van der Waals surface area contributed by atoms with E-state index in [9.17, 15) is 4.79 Å². The molecule has 0 radical (unpaired) electrons. The first-order chi connectivity index (χ1) is 9.58. The van der Waals surface area contributed by atoms with E-state index in [4.69, 9.17) is 16.0 Å². The van der Waals surface area contributed by atoms with Crippen molar-refractivity contribution < 1.29 is 13.9 Å². The lowest BCUT2D eigenvalue weighted by atomic mass is 10.2. The molecular formula is C15H16ClNO3. The Morgan fingerprint density at radius 1 is 1.30 bits per heavy atom. The van der Waals surface area contributed by atoms with Crippen LogP contribution in [0, 0.1) is 0 Å². The van der Waals surface area contributed by atoms with E-state index in [0.717, 1.165) is 22.9 Å². The summed E-state index contributed by atoms with van der Waals surface area (Å²) in [5, 5.41) is 0.724. The Kier molecular flexibility index (Phi) is 4.82. The van der Waals surface area contributed by atoms with E-state index in [0.29, 0.717) is 6.54 Å². The summed E-state index contributed by atoms with van der Waals surface area (Å²) in [5.41, 5.74) is 1.12.